The molecule has 2 N–H and O–H groups in total. The molecule has 0 aliphatic carbocycles. The normalized spacial score (nSPS) is 20.3. The lowest BCUT2D eigenvalue weighted by molar-refractivity contribution is -0.144. The predicted molar refractivity (Wildman–Crippen MR) is 84.8 cm³/mol. The Morgan fingerprint density at radius 3 is 2.73 bits per heavy atom. The number of benzene rings is 1. The van der Waals surface area contributed by atoms with E-state index in [1.807, 2.05) is 30.0 Å². The fraction of sp³-hybridized carbons (Fsp3) is 0.529. The minimum absolute atomic E-state index is 0.0667. The molecule has 120 valence electrons. The summed E-state index contributed by atoms with van der Waals surface area (Å²) in [7, 11) is 0. The zero-order valence-electron chi connectivity index (χ0n) is 13.0. The lowest BCUT2D eigenvalue weighted by atomic mass is 9.96. The van der Waals surface area contributed by atoms with Gasteiger partial charge in [0, 0.05) is 18.7 Å². The molecule has 22 heavy (non-hydrogen) atoms. The van der Waals surface area contributed by atoms with Gasteiger partial charge in [0.2, 0.25) is 0 Å². The van der Waals surface area contributed by atoms with Gasteiger partial charge in [-0.25, -0.2) is 0 Å². The second-order valence-corrected chi connectivity index (χ2v) is 5.84. The lowest BCUT2D eigenvalue weighted by Crippen LogP contribution is -2.48. The van der Waals surface area contributed by atoms with Gasteiger partial charge in [0.15, 0.2) is 0 Å². The Bertz CT molecular complexity index is 504. The third-order valence-corrected chi connectivity index (χ3v) is 4.25. The standard InChI is InChI=1S/C17H24N2O3/c1-2-15(17(21)22)19-10-6-7-13(12-19)11-18-16(20)14-8-4-3-5-9-14/h3-5,8-9,13,15H,2,6-7,10-12H2,1H3,(H,18,20)(H,21,22). The van der Waals surface area contributed by atoms with Crippen LogP contribution in [0.2, 0.25) is 0 Å². The van der Waals surface area contributed by atoms with Crippen LogP contribution in [0.5, 0.6) is 0 Å². The Kier molecular flexibility index (Phi) is 5.95. The quantitative estimate of drug-likeness (QED) is 0.843. The van der Waals surface area contributed by atoms with Crippen LogP contribution in [0.25, 0.3) is 0 Å². The minimum Gasteiger partial charge on any atom is -0.480 e. The van der Waals surface area contributed by atoms with Crippen molar-refractivity contribution in [3.05, 3.63) is 35.9 Å². The smallest absolute Gasteiger partial charge is 0.320 e. The van der Waals surface area contributed by atoms with E-state index in [1.54, 1.807) is 12.1 Å². The first-order valence-corrected chi connectivity index (χ1v) is 7.92. The summed E-state index contributed by atoms with van der Waals surface area (Å²) in [5.41, 5.74) is 0.659. The molecular weight excluding hydrogens is 280 g/mol. The molecule has 5 nitrogen and oxygen atoms in total. The van der Waals surface area contributed by atoms with Crippen LogP contribution < -0.4 is 5.32 Å². The summed E-state index contributed by atoms with van der Waals surface area (Å²) in [5, 5.41) is 12.2. The zero-order valence-corrected chi connectivity index (χ0v) is 13.0. The molecule has 5 heteroatoms. The van der Waals surface area contributed by atoms with Crippen LogP contribution in [0.3, 0.4) is 0 Å². The van der Waals surface area contributed by atoms with Gasteiger partial charge in [-0.05, 0) is 43.9 Å². The molecule has 0 saturated carbocycles. The van der Waals surface area contributed by atoms with E-state index < -0.39 is 12.0 Å². The first kappa shape index (κ1) is 16.5. The number of carboxylic acids is 1. The van der Waals surface area contributed by atoms with E-state index in [4.69, 9.17) is 0 Å². The summed E-state index contributed by atoms with van der Waals surface area (Å²) in [5.74, 6) is -0.505. The van der Waals surface area contributed by atoms with Crippen molar-refractivity contribution in [2.24, 2.45) is 5.92 Å². The van der Waals surface area contributed by atoms with E-state index in [9.17, 15) is 14.7 Å². The van der Waals surface area contributed by atoms with E-state index in [2.05, 4.69) is 5.32 Å². The molecule has 2 unspecified atom stereocenters. The average Bonchev–Trinajstić information content (AvgIpc) is 2.54. The van der Waals surface area contributed by atoms with Gasteiger partial charge in [-0.3, -0.25) is 14.5 Å². The third kappa shape index (κ3) is 4.31. The molecule has 1 aliphatic heterocycles. The number of piperidine rings is 1. The van der Waals surface area contributed by atoms with Crippen LogP contribution in [-0.4, -0.2) is 47.6 Å². The topological polar surface area (TPSA) is 69.6 Å². The maximum absolute atomic E-state index is 12.0. The van der Waals surface area contributed by atoms with Crippen molar-refractivity contribution < 1.29 is 14.7 Å². The fourth-order valence-corrected chi connectivity index (χ4v) is 3.06. The summed E-state index contributed by atoms with van der Waals surface area (Å²) in [6.07, 6.45) is 2.62. The van der Waals surface area contributed by atoms with E-state index in [1.165, 1.54) is 0 Å². The first-order chi connectivity index (χ1) is 10.6. The van der Waals surface area contributed by atoms with Gasteiger partial charge in [0.05, 0.1) is 0 Å². The van der Waals surface area contributed by atoms with Crippen molar-refractivity contribution in [2.75, 3.05) is 19.6 Å². The molecule has 1 heterocycles. The van der Waals surface area contributed by atoms with E-state index >= 15 is 0 Å². The van der Waals surface area contributed by atoms with Crippen molar-refractivity contribution in [3.8, 4) is 0 Å². The summed E-state index contributed by atoms with van der Waals surface area (Å²) >= 11 is 0. The largest absolute Gasteiger partial charge is 0.480 e. The Morgan fingerprint density at radius 2 is 2.09 bits per heavy atom. The molecular formula is C17H24N2O3. The average molecular weight is 304 g/mol. The van der Waals surface area contributed by atoms with Gasteiger partial charge in [-0.15, -0.1) is 0 Å². The molecule has 0 spiro atoms. The summed E-state index contributed by atoms with van der Waals surface area (Å²) in [4.78, 5) is 25.4. The first-order valence-electron chi connectivity index (χ1n) is 7.92. The highest BCUT2D eigenvalue weighted by atomic mass is 16.4. The maximum atomic E-state index is 12.0. The number of nitrogens with one attached hydrogen (secondary N) is 1. The summed E-state index contributed by atoms with van der Waals surface area (Å²) in [6, 6.07) is 8.74. The highest BCUT2D eigenvalue weighted by molar-refractivity contribution is 5.94. The molecule has 1 aromatic rings. The Balaban J connectivity index is 1.85. The monoisotopic (exact) mass is 304 g/mol. The number of carbonyl (C=O) groups excluding carboxylic acids is 1. The molecule has 0 bridgehead atoms. The molecule has 0 radical (unpaired) electrons. The number of carboxylic acid groups (broad SMARTS) is 1. The third-order valence-electron chi connectivity index (χ3n) is 4.25. The van der Waals surface area contributed by atoms with Gasteiger partial charge in [0.1, 0.15) is 6.04 Å². The molecule has 1 aliphatic rings. The number of nitrogens with zero attached hydrogens (tertiary/aromatic N) is 1. The molecule has 1 fully saturated rings. The fourth-order valence-electron chi connectivity index (χ4n) is 3.06. The van der Waals surface area contributed by atoms with Crippen molar-refractivity contribution in [3.63, 3.8) is 0 Å². The van der Waals surface area contributed by atoms with Gasteiger partial charge in [-0.2, -0.15) is 0 Å². The lowest BCUT2D eigenvalue weighted by Gasteiger charge is -2.36. The number of hydrogen-bond donors (Lipinski definition) is 2. The van der Waals surface area contributed by atoms with Gasteiger partial charge < -0.3 is 10.4 Å². The van der Waals surface area contributed by atoms with Gasteiger partial charge >= 0.3 is 5.97 Å². The van der Waals surface area contributed by atoms with E-state index in [-0.39, 0.29) is 5.91 Å². The van der Waals surface area contributed by atoms with Crippen LogP contribution in [-0.2, 0) is 4.79 Å². The molecule has 1 amide bonds. The number of amides is 1. The van der Waals surface area contributed by atoms with Crippen LogP contribution in [0.4, 0.5) is 0 Å². The maximum Gasteiger partial charge on any atom is 0.320 e. The SMILES string of the molecule is CCC(C(=O)O)N1CCCC(CNC(=O)c2ccccc2)C1. The molecule has 2 rings (SSSR count). The van der Waals surface area contributed by atoms with E-state index in [0.29, 0.717) is 24.4 Å². The summed E-state index contributed by atoms with van der Waals surface area (Å²) < 4.78 is 0. The van der Waals surface area contributed by atoms with Crippen LogP contribution in [0, 0.1) is 5.92 Å². The second-order valence-electron chi connectivity index (χ2n) is 5.84. The molecule has 1 saturated heterocycles. The van der Waals surface area contributed by atoms with Crippen LogP contribution >= 0.6 is 0 Å². The number of hydrogen-bond acceptors (Lipinski definition) is 3. The van der Waals surface area contributed by atoms with Gasteiger partial charge in [0.25, 0.3) is 5.91 Å². The summed E-state index contributed by atoms with van der Waals surface area (Å²) in [6.45, 7) is 4.06. The zero-order chi connectivity index (χ0) is 15.9. The second kappa shape index (κ2) is 7.94. The van der Waals surface area contributed by atoms with Crippen molar-refractivity contribution in [2.45, 2.75) is 32.2 Å². The van der Waals surface area contributed by atoms with Crippen molar-refractivity contribution in [1.82, 2.24) is 10.2 Å². The van der Waals surface area contributed by atoms with Gasteiger partial charge in [-0.1, -0.05) is 25.1 Å². The highest BCUT2D eigenvalue weighted by Gasteiger charge is 2.29. The highest BCUT2D eigenvalue weighted by Crippen LogP contribution is 2.19. The number of rotatable bonds is 6. The molecule has 1 aromatic carbocycles. The predicted octanol–water partition coefficient (Wildman–Crippen LogP) is 1.99. The molecule has 2 atom stereocenters. The van der Waals surface area contributed by atoms with Crippen molar-refractivity contribution >= 4 is 11.9 Å². The Morgan fingerprint density at radius 1 is 1.36 bits per heavy atom. The minimum atomic E-state index is -0.753. The molecule has 0 aromatic heterocycles. The van der Waals surface area contributed by atoms with E-state index in [0.717, 1.165) is 25.9 Å². The Labute approximate surface area is 131 Å². The number of aliphatic carboxylic acids is 1. The van der Waals surface area contributed by atoms with Crippen LogP contribution in [0.15, 0.2) is 30.3 Å². The number of carbonyl (C=O) groups is 2. The Hall–Kier alpha value is -1.88. The van der Waals surface area contributed by atoms with Crippen LogP contribution in [0.1, 0.15) is 36.5 Å². The number of likely N-dealkylation sites (tertiary alicyclic amines) is 1. The van der Waals surface area contributed by atoms with Crippen molar-refractivity contribution in [1.29, 1.82) is 0 Å².